The van der Waals surface area contributed by atoms with Crippen molar-refractivity contribution in [3.8, 4) is 5.75 Å². The number of nitrogens with zero attached hydrogens (tertiary/aromatic N) is 2. The molecular weight excluding hydrogens is 470 g/mol. The molecule has 0 saturated heterocycles. The lowest BCUT2D eigenvalue weighted by atomic mass is 10.2. The number of carbonyl (C=O) groups is 1. The van der Waals surface area contributed by atoms with Crippen LogP contribution in [0.25, 0.3) is 17.1 Å². The van der Waals surface area contributed by atoms with Crippen LogP contribution in [0.5, 0.6) is 5.75 Å². The molecule has 0 bridgehead atoms. The van der Waals surface area contributed by atoms with E-state index in [0.717, 1.165) is 80.8 Å². The van der Waals surface area contributed by atoms with Crippen molar-refractivity contribution >= 4 is 23.0 Å². The summed E-state index contributed by atoms with van der Waals surface area (Å²) in [5.74, 6) is 2.05. The Morgan fingerprint density at radius 3 is 2.50 bits per heavy atom. The van der Waals surface area contributed by atoms with Crippen molar-refractivity contribution in [2.24, 2.45) is 0 Å². The van der Waals surface area contributed by atoms with Gasteiger partial charge in [-0.3, -0.25) is 4.79 Å². The molecule has 1 heterocycles. The molecule has 5 heteroatoms. The van der Waals surface area contributed by atoms with Crippen LogP contribution in [0.1, 0.15) is 56.0 Å². The number of nitrogens with one attached hydrogen (secondary N) is 1. The van der Waals surface area contributed by atoms with E-state index in [-0.39, 0.29) is 5.91 Å². The second-order valence-electron chi connectivity index (χ2n) is 9.57. The van der Waals surface area contributed by atoms with Gasteiger partial charge >= 0.3 is 0 Å². The van der Waals surface area contributed by atoms with Crippen molar-refractivity contribution in [2.45, 2.75) is 58.4 Å². The van der Waals surface area contributed by atoms with Gasteiger partial charge in [0.2, 0.25) is 5.91 Å². The summed E-state index contributed by atoms with van der Waals surface area (Å²) < 4.78 is 8.32. The lowest BCUT2D eigenvalue weighted by Crippen LogP contribution is -2.22. The van der Waals surface area contributed by atoms with Gasteiger partial charge in [-0.2, -0.15) is 0 Å². The summed E-state index contributed by atoms with van der Waals surface area (Å²) in [6, 6.07) is 26.7. The molecular formula is C33H39N3O2. The smallest absolute Gasteiger partial charge is 0.243 e. The van der Waals surface area contributed by atoms with Gasteiger partial charge in [-0.15, -0.1) is 0 Å². The SMILES string of the molecule is CCc1ccc(OCCCCn2c(CCCCCNC(=O)/C=C/c3ccccc3)nc3ccccc32)cc1. The maximum absolute atomic E-state index is 12.0. The fourth-order valence-electron chi connectivity index (χ4n) is 4.54. The minimum Gasteiger partial charge on any atom is -0.494 e. The molecule has 0 fully saturated rings. The molecule has 4 aromatic rings. The minimum atomic E-state index is -0.0439. The summed E-state index contributed by atoms with van der Waals surface area (Å²) in [6.45, 7) is 4.52. The molecule has 0 radical (unpaired) electrons. The maximum atomic E-state index is 12.0. The molecule has 3 aromatic carbocycles. The molecule has 4 rings (SSSR count). The molecule has 0 unspecified atom stereocenters. The highest BCUT2D eigenvalue weighted by atomic mass is 16.5. The van der Waals surface area contributed by atoms with Crippen LogP contribution >= 0.6 is 0 Å². The van der Waals surface area contributed by atoms with Crippen LogP contribution in [-0.4, -0.2) is 28.6 Å². The molecule has 1 amide bonds. The fourth-order valence-corrected chi connectivity index (χ4v) is 4.54. The van der Waals surface area contributed by atoms with Crippen molar-refractivity contribution in [2.75, 3.05) is 13.2 Å². The molecule has 0 atom stereocenters. The van der Waals surface area contributed by atoms with Crippen LogP contribution in [0, 0.1) is 0 Å². The monoisotopic (exact) mass is 509 g/mol. The number of aryl methyl sites for hydroxylation is 3. The van der Waals surface area contributed by atoms with E-state index in [9.17, 15) is 4.79 Å². The van der Waals surface area contributed by atoms with Crippen LogP contribution in [-0.2, 0) is 24.2 Å². The number of hydrogen-bond donors (Lipinski definition) is 1. The van der Waals surface area contributed by atoms with E-state index in [4.69, 9.17) is 9.72 Å². The first-order chi connectivity index (χ1) is 18.7. The number of unbranched alkanes of at least 4 members (excludes halogenated alkanes) is 3. The molecule has 0 aliphatic rings. The van der Waals surface area contributed by atoms with Crippen LogP contribution < -0.4 is 10.1 Å². The third kappa shape index (κ3) is 8.34. The van der Waals surface area contributed by atoms with E-state index in [1.54, 1.807) is 6.08 Å². The van der Waals surface area contributed by atoms with Gasteiger partial charge in [-0.1, -0.05) is 67.9 Å². The average molecular weight is 510 g/mol. The molecule has 0 saturated carbocycles. The van der Waals surface area contributed by atoms with Gasteiger partial charge in [0.05, 0.1) is 17.6 Å². The lowest BCUT2D eigenvalue weighted by molar-refractivity contribution is -0.116. The molecule has 0 spiro atoms. The highest BCUT2D eigenvalue weighted by Crippen LogP contribution is 2.19. The molecule has 38 heavy (non-hydrogen) atoms. The number of imidazole rings is 1. The predicted octanol–water partition coefficient (Wildman–Crippen LogP) is 7.00. The first kappa shape index (κ1) is 27.2. The Labute approximate surface area is 226 Å². The number of aromatic nitrogens is 2. The topological polar surface area (TPSA) is 56.1 Å². The fraction of sp³-hybridized carbons (Fsp3) is 0.333. The normalized spacial score (nSPS) is 11.3. The third-order valence-corrected chi connectivity index (χ3v) is 6.71. The Morgan fingerprint density at radius 1 is 0.895 bits per heavy atom. The van der Waals surface area contributed by atoms with Gasteiger partial charge in [0, 0.05) is 25.6 Å². The second kappa shape index (κ2) is 14.8. The molecule has 198 valence electrons. The van der Waals surface area contributed by atoms with E-state index < -0.39 is 0 Å². The van der Waals surface area contributed by atoms with Gasteiger partial charge in [0.15, 0.2) is 0 Å². The van der Waals surface area contributed by atoms with Gasteiger partial charge in [0.1, 0.15) is 11.6 Å². The highest BCUT2D eigenvalue weighted by molar-refractivity contribution is 5.91. The van der Waals surface area contributed by atoms with Gasteiger partial charge < -0.3 is 14.6 Å². The number of fused-ring (bicyclic) bond motifs is 1. The zero-order valence-electron chi connectivity index (χ0n) is 22.4. The van der Waals surface area contributed by atoms with Crippen molar-refractivity contribution in [1.29, 1.82) is 0 Å². The molecule has 5 nitrogen and oxygen atoms in total. The highest BCUT2D eigenvalue weighted by Gasteiger charge is 2.10. The van der Waals surface area contributed by atoms with Crippen LogP contribution in [0.2, 0.25) is 0 Å². The Kier molecular flexibility index (Phi) is 10.6. The second-order valence-corrected chi connectivity index (χ2v) is 9.57. The van der Waals surface area contributed by atoms with Crippen LogP contribution in [0.15, 0.2) is 84.9 Å². The largest absolute Gasteiger partial charge is 0.494 e. The number of benzene rings is 3. The third-order valence-electron chi connectivity index (χ3n) is 6.71. The maximum Gasteiger partial charge on any atom is 0.243 e. The summed E-state index contributed by atoms with van der Waals surface area (Å²) in [4.78, 5) is 17.0. The number of hydrogen-bond acceptors (Lipinski definition) is 3. The number of ether oxygens (including phenoxy) is 1. The van der Waals surface area contributed by atoms with Crippen molar-refractivity contribution < 1.29 is 9.53 Å². The van der Waals surface area contributed by atoms with Gasteiger partial charge in [-0.05, 0) is 73.6 Å². The number of para-hydroxylation sites is 2. The zero-order chi connectivity index (χ0) is 26.4. The number of amides is 1. The quantitative estimate of drug-likeness (QED) is 0.139. The van der Waals surface area contributed by atoms with E-state index >= 15 is 0 Å². The first-order valence-electron chi connectivity index (χ1n) is 13.9. The minimum absolute atomic E-state index is 0.0439. The lowest BCUT2D eigenvalue weighted by Gasteiger charge is -2.10. The van der Waals surface area contributed by atoms with Crippen LogP contribution in [0.3, 0.4) is 0 Å². The van der Waals surface area contributed by atoms with Gasteiger partial charge in [-0.25, -0.2) is 4.98 Å². The Hall–Kier alpha value is -3.86. The summed E-state index contributed by atoms with van der Waals surface area (Å²) in [6.07, 6.45) is 10.5. The summed E-state index contributed by atoms with van der Waals surface area (Å²) >= 11 is 0. The Bertz CT molecular complexity index is 1290. The summed E-state index contributed by atoms with van der Waals surface area (Å²) in [7, 11) is 0. The molecule has 1 aromatic heterocycles. The predicted molar refractivity (Wildman–Crippen MR) is 156 cm³/mol. The van der Waals surface area contributed by atoms with E-state index in [1.807, 2.05) is 36.4 Å². The van der Waals surface area contributed by atoms with Crippen molar-refractivity contribution in [1.82, 2.24) is 14.9 Å². The van der Waals surface area contributed by atoms with Gasteiger partial charge in [0.25, 0.3) is 0 Å². The summed E-state index contributed by atoms with van der Waals surface area (Å²) in [5.41, 5.74) is 4.63. The van der Waals surface area contributed by atoms with Crippen molar-refractivity contribution in [3.05, 3.63) is 102 Å². The standard InChI is InChI=1S/C33H39N3O2/c1-2-27-18-21-29(22-19-27)38-26-12-11-25-36-31-16-9-8-15-30(31)35-32(36)17-7-4-10-24-34-33(37)23-20-28-13-5-3-6-14-28/h3,5-6,8-9,13-16,18-23H,2,4,7,10-12,17,24-26H2,1H3,(H,34,37)/b23-20+. The first-order valence-corrected chi connectivity index (χ1v) is 13.9. The van der Waals surface area contributed by atoms with E-state index in [0.29, 0.717) is 6.54 Å². The van der Waals surface area contributed by atoms with Crippen LogP contribution in [0.4, 0.5) is 0 Å². The van der Waals surface area contributed by atoms with E-state index in [1.165, 1.54) is 11.1 Å². The Morgan fingerprint density at radius 2 is 1.68 bits per heavy atom. The van der Waals surface area contributed by atoms with E-state index in [2.05, 4.69) is 65.3 Å². The molecule has 0 aliphatic heterocycles. The Balaban J connectivity index is 1.18. The molecule has 1 N–H and O–H groups in total. The summed E-state index contributed by atoms with van der Waals surface area (Å²) in [5, 5.41) is 2.98. The van der Waals surface area contributed by atoms with Crippen molar-refractivity contribution in [3.63, 3.8) is 0 Å². The number of rotatable bonds is 15. The average Bonchev–Trinajstić information content (AvgIpc) is 3.31. The molecule has 0 aliphatic carbocycles. The number of carbonyl (C=O) groups excluding carboxylic acids is 1. The zero-order valence-corrected chi connectivity index (χ0v) is 22.4.